The second kappa shape index (κ2) is 2.40. The van der Waals surface area contributed by atoms with E-state index in [0.29, 0.717) is 47.2 Å². The van der Waals surface area contributed by atoms with E-state index in [4.69, 9.17) is 4.74 Å². The van der Waals surface area contributed by atoms with E-state index in [0.717, 1.165) is 12.8 Å². The van der Waals surface area contributed by atoms with E-state index in [1.54, 1.807) is 0 Å². The van der Waals surface area contributed by atoms with Crippen molar-refractivity contribution in [2.24, 2.45) is 46.8 Å². The molecule has 0 atom stereocenters. The third-order valence-electron chi connectivity index (χ3n) is 8.01. The summed E-state index contributed by atoms with van der Waals surface area (Å²) in [6.45, 7) is 1.53. The van der Waals surface area contributed by atoms with Gasteiger partial charge in [0.25, 0.3) is 0 Å². The van der Waals surface area contributed by atoms with Gasteiger partial charge in [-0.15, -0.1) is 0 Å². The van der Waals surface area contributed by atoms with E-state index in [1.165, 1.54) is 19.8 Å². The first-order chi connectivity index (χ1) is 9.16. The molecule has 0 aromatic carbocycles. The number of carbonyl (C=O) groups is 2. The third kappa shape index (κ3) is 0.597. The first kappa shape index (κ1) is 9.95. The SMILES string of the molecule is CC(=O)OC12C3C4C1C1C2C3C41C(=O)C1CCCC1. The van der Waals surface area contributed by atoms with Crippen LogP contribution in [0.25, 0.3) is 0 Å². The average Bonchev–Trinajstić information content (AvgIpc) is 2.91. The van der Waals surface area contributed by atoms with Crippen LogP contribution in [0.1, 0.15) is 32.6 Å². The highest BCUT2D eigenvalue weighted by Crippen LogP contribution is 3.08. The highest BCUT2D eigenvalue weighted by atomic mass is 16.6. The topological polar surface area (TPSA) is 43.4 Å². The molecule has 0 aliphatic heterocycles. The number of ketones is 1. The Morgan fingerprint density at radius 1 is 0.947 bits per heavy atom. The van der Waals surface area contributed by atoms with Crippen LogP contribution in [-0.2, 0) is 14.3 Å². The van der Waals surface area contributed by atoms with Gasteiger partial charge in [0.2, 0.25) is 0 Å². The van der Waals surface area contributed by atoms with Crippen molar-refractivity contribution in [3.63, 3.8) is 0 Å². The zero-order valence-corrected chi connectivity index (χ0v) is 11.1. The molecule has 0 heterocycles. The van der Waals surface area contributed by atoms with Crippen LogP contribution in [0.5, 0.6) is 0 Å². The van der Waals surface area contributed by atoms with Gasteiger partial charge in [-0.1, -0.05) is 12.8 Å². The second-order valence-corrected chi connectivity index (χ2v) is 7.88. The second-order valence-electron chi connectivity index (χ2n) is 7.88. The lowest BCUT2D eigenvalue weighted by atomic mass is 8.94. The molecule has 7 aliphatic carbocycles. The first-order valence-corrected chi connectivity index (χ1v) is 7.90. The predicted molar refractivity (Wildman–Crippen MR) is 64.8 cm³/mol. The number of esters is 1. The van der Waals surface area contributed by atoms with Crippen molar-refractivity contribution >= 4 is 11.8 Å². The van der Waals surface area contributed by atoms with E-state index in [9.17, 15) is 9.59 Å². The molecule has 0 bridgehead atoms. The van der Waals surface area contributed by atoms with Crippen molar-refractivity contribution in [3.05, 3.63) is 0 Å². The Labute approximate surface area is 112 Å². The van der Waals surface area contributed by atoms with Crippen LogP contribution < -0.4 is 0 Å². The Kier molecular flexibility index (Phi) is 1.26. The molecule has 100 valence electrons. The van der Waals surface area contributed by atoms with E-state index in [-0.39, 0.29) is 17.0 Å². The summed E-state index contributed by atoms with van der Waals surface area (Å²) in [4.78, 5) is 24.1. The summed E-state index contributed by atoms with van der Waals surface area (Å²) in [5, 5.41) is 0. The van der Waals surface area contributed by atoms with Crippen molar-refractivity contribution in [3.8, 4) is 0 Å². The van der Waals surface area contributed by atoms with Gasteiger partial charge in [0.1, 0.15) is 11.4 Å². The van der Waals surface area contributed by atoms with Gasteiger partial charge >= 0.3 is 5.97 Å². The molecule has 7 aliphatic rings. The molecule has 3 nitrogen and oxygen atoms in total. The van der Waals surface area contributed by atoms with Crippen molar-refractivity contribution in [2.75, 3.05) is 0 Å². The van der Waals surface area contributed by atoms with Gasteiger partial charge in [-0.3, -0.25) is 9.59 Å². The van der Waals surface area contributed by atoms with Crippen LogP contribution in [0.4, 0.5) is 0 Å². The van der Waals surface area contributed by atoms with Crippen molar-refractivity contribution < 1.29 is 14.3 Å². The molecule has 7 rings (SSSR count). The van der Waals surface area contributed by atoms with Crippen LogP contribution in [0.15, 0.2) is 0 Å². The van der Waals surface area contributed by atoms with Gasteiger partial charge in [0.15, 0.2) is 0 Å². The number of Topliss-reactive ketones (excluding diaryl/α,β-unsaturated/α-hetero) is 1. The lowest BCUT2D eigenvalue weighted by Gasteiger charge is -3.09. The Hall–Kier alpha value is -0.860. The van der Waals surface area contributed by atoms with Crippen molar-refractivity contribution in [1.82, 2.24) is 0 Å². The predicted octanol–water partition coefficient (Wildman–Crippen LogP) is 1.80. The smallest absolute Gasteiger partial charge is 0.303 e. The first-order valence-electron chi connectivity index (χ1n) is 7.90. The fourth-order valence-electron chi connectivity index (χ4n) is 7.92. The quantitative estimate of drug-likeness (QED) is 0.725. The number of rotatable bonds is 3. The highest BCUT2D eigenvalue weighted by Gasteiger charge is 3.13. The molecular formula is C16H18O3. The summed E-state index contributed by atoms with van der Waals surface area (Å²) in [5.74, 6) is 4.52. The minimum absolute atomic E-state index is 0.0520. The van der Waals surface area contributed by atoms with Gasteiger partial charge < -0.3 is 4.74 Å². The molecule has 0 spiro atoms. The zero-order chi connectivity index (χ0) is 12.7. The molecule has 0 saturated heterocycles. The molecular weight excluding hydrogens is 240 g/mol. The van der Waals surface area contributed by atoms with Gasteiger partial charge in [0.05, 0.1) is 0 Å². The monoisotopic (exact) mass is 258 g/mol. The number of carbonyl (C=O) groups excluding carboxylic acids is 2. The fourth-order valence-corrected chi connectivity index (χ4v) is 7.92. The maximum absolute atomic E-state index is 12.8. The van der Waals surface area contributed by atoms with Crippen molar-refractivity contribution in [2.45, 2.75) is 38.2 Å². The van der Waals surface area contributed by atoms with Crippen LogP contribution >= 0.6 is 0 Å². The van der Waals surface area contributed by atoms with Gasteiger partial charge in [-0.05, 0) is 30.6 Å². The minimum atomic E-state index is -0.119. The van der Waals surface area contributed by atoms with Gasteiger partial charge in [0, 0.05) is 36.0 Å². The summed E-state index contributed by atoms with van der Waals surface area (Å²) in [6, 6.07) is 0. The van der Waals surface area contributed by atoms with Gasteiger partial charge in [-0.25, -0.2) is 0 Å². The lowest BCUT2D eigenvalue weighted by molar-refractivity contribution is -0.643. The minimum Gasteiger partial charge on any atom is -0.458 e. The Balaban J connectivity index is 1.31. The number of ether oxygens (including phenoxy) is 1. The molecule has 0 aromatic heterocycles. The standard InChI is InChI=1S/C16H18O3/c1-6(17)19-16-11-8-12(16)10-13(16)9(11)15(8,10)14(18)7-4-2-3-5-7/h7-13H,2-5H2,1H3. The maximum Gasteiger partial charge on any atom is 0.303 e. The van der Waals surface area contributed by atoms with E-state index in [1.807, 2.05) is 0 Å². The van der Waals surface area contributed by atoms with Crippen LogP contribution in [0.2, 0.25) is 0 Å². The maximum atomic E-state index is 12.8. The molecule has 0 radical (unpaired) electrons. The summed E-state index contributed by atoms with van der Waals surface area (Å²) in [5.41, 5.74) is 0.0699. The van der Waals surface area contributed by atoms with Crippen LogP contribution in [0, 0.1) is 46.8 Å². The van der Waals surface area contributed by atoms with Crippen LogP contribution in [-0.4, -0.2) is 17.4 Å². The molecule has 0 aromatic rings. The largest absolute Gasteiger partial charge is 0.458 e. The molecule has 7 fully saturated rings. The molecule has 19 heavy (non-hydrogen) atoms. The lowest BCUT2D eigenvalue weighted by Crippen LogP contribution is -3.14. The summed E-state index contributed by atoms with van der Waals surface area (Å²) >= 11 is 0. The zero-order valence-electron chi connectivity index (χ0n) is 11.1. The molecule has 7 saturated carbocycles. The van der Waals surface area contributed by atoms with Crippen molar-refractivity contribution in [1.29, 1.82) is 0 Å². The third-order valence-corrected chi connectivity index (χ3v) is 8.01. The Morgan fingerprint density at radius 2 is 1.47 bits per heavy atom. The van der Waals surface area contributed by atoms with E-state index < -0.39 is 0 Å². The molecule has 0 unspecified atom stereocenters. The van der Waals surface area contributed by atoms with Crippen LogP contribution in [0.3, 0.4) is 0 Å². The normalized spacial score (nSPS) is 64.9. The Bertz CT molecular complexity index is 503. The van der Waals surface area contributed by atoms with Gasteiger partial charge in [-0.2, -0.15) is 0 Å². The molecule has 0 amide bonds. The summed E-state index contributed by atoms with van der Waals surface area (Å²) < 4.78 is 5.65. The summed E-state index contributed by atoms with van der Waals surface area (Å²) in [7, 11) is 0. The Morgan fingerprint density at radius 3 is 1.95 bits per heavy atom. The highest BCUT2D eigenvalue weighted by molar-refractivity contribution is 5.96. The van der Waals surface area contributed by atoms with E-state index in [2.05, 4.69) is 0 Å². The summed E-state index contributed by atoms with van der Waals surface area (Å²) in [6.07, 6.45) is 4.78. The number of hydrogen-bond acceptors (Lipinski definition) is 3. The number of hydrogen-bond donors (Lipinski definition) is 0. The average molecular weight is 258 g/mol. The fraction of sp³-hybridized carbons (Fsp3) is 0.875. The molecule has 3 heteroatoms. The van der Waals surface area contributed by atoms with E-state index >= 15 is 0 Å². The molecule has 0 N–H and O–H groups in total.